The van der Waals surface area contributed by atoms with Crippen molar-refractivity contribution < 1.29 is 8.78 Å². The van der Waals surface area contributed by atoms with Gasteiger partial charge in [-0.25, -0.2) is 8.78 Å². The quantitative estimate of drug-likeness (QED) is 0.842. The highest BCUT2D eigenvalue weighted by Crippen LogP contribution is 2.17. The Hall–Kier alpha value is -0.710. The largest absolute Gasteiger partial charge is 0.330 e. The van der Waals surface area contributed by atoms with E-state index in [9.17, 15) is 8.78 Å². The number of hydrogen-bond acceptors (Lipinski definition) is 2. The van der Waals surface area contributed by atoms with Crippen molar-refractivity contribution in [2.75, 3.05) is 6.54 Å². The lowest BCUT2D eigenvalue weighted by Crippen LogP contribution is -2.13. The van der Waals surface area contributed by atoms with Crippen LogP contribution in [0.4, 0.5) is 8.78 Å². The first-order valence-corrected chi connectivity index (χ1v) is 4.55. The van der Waals surface area contributed by atoms with Crippen molar-refractivity contribution in [3.63, 3.8) is 0 Å². The van der Waals surface area contributed by atoms with Gasteiger partial charge in [-0.3, -0.25) is 0 Å². The molecular formula is C10H15ClF2N2. The van der Waals surface area contributed by atoms with E-state index in [1.165, 1.54) is 12.1 Å². The standard InChI is InChI=1S/C10H14F2N2.ClH/c11-8-4-7(5-9(12)6-8)10(14)2-1-3-13;/h4-6,10H,1-3,13-14H2;1H/t10-;/m1./s1. The maximum absolute atomic E-state index is 12.8. The van der Waals surface area contributed by atoms with Crippen LogP contribution in [0.1, 0.15) is 24.4 Å². The van der Waals surface area contributed by atoms with Gasteiger partial charge in [0.15, 0.2) is 0 Å². The lowest BCUT2D eigenvalue weighted by Gasteiger charge is -2.11. The van der Waals surface area contributed by atoms with Crippen molar-refractivity contribution in [2.24, 2.45) is 11.5 Å². The minimum atomic E-state index is -0.594. The normalized spacial score (nSPS) is 12.0. The average molecular weight is 237 g/mol. The van der Waals surface area contributed by atoms with Crippen LogP contribution in [0.15, 0.2) is 18.2 Å². The van der Waals surface area contributed by atoms with Crippen LogP contribution in [0.5, 0.6) is 0 Å². The summed E-state index contributed by atoms with van der Waals surface area (Å²) in [7, 11) is 0. The number of nitrogens with two attached hydrogens (primary N) is 2. The highest BCUT2D eigenvalue weighted by molar-refractivity contribution is 5.85. The zero-order chi connectivity index (χ0) is 10.6. The van der Waals surface area contributed by atoms with Gasteiger partial charge < -0.3 is 11.5 Å². The molecule has 0 aliphatic rings. The van der Waals surface area contributed by atoms with Crippen molar-refractivity contribution in [2.45, 2.75) is 18.9 Å². The van der Waals surface area contributed by atoms with Crippen molar-refractivity contribution in [1.82, 2.24) is 0 Å². The van der Waals surface area contributed by atoms with E-state index < -0.39 is 11.6 Å². The molecule has 2 nitrogen and oxygen atoms in total. The summed E-state index contributed by atoms with van der Waals surface area (Å²) in [5.41, 5.74) is 11.5. The lowest BCUT2D eigenvalue weighted by atomic mass is 10.0. The van der Waals surface area contributed by atoms with Gasteiger partial charge in [-0.15, -0.1) is 12.4 Å². The van der Waals surface area contributed by atoms with Gasteiger partial charge in [-0.1, -0.05) is 0 Å². The Morgan fingerprint density at radius 2 is 1.67 bits per heavy atom. The highest BCUT2D eigenvalue weighted by Gasteiger charge is 2.08. The summed E-state index contributed by atoms with van der Waals surface area (Å²) in [5.74, 6) is -1.19. The van der Waals surface area contributed by atoms with Crippen molar-refractivity contribution >= 4 is 12.4 Å². The molecule has 0 bridgehead atoms. The summed E-state index contributed by atoms with van der Waals surface area (Å²) in [6.07, 6.45) is 1.39. The SMILES string of the molecule is Cl.NCCC[C@@H](N)c1cc(F)cc(F)c1. The van der Waals surface area contributed by atoms with Crippen LogP contribution in [-0.4, -0.2) is 6.54 Å². The molecule has 15 heavy (non-hydrogen) atoms. The third kappa shape index (κ3) is 4.55. The molecule has 0 aliphatic heterocycles. The van der Waals surface area contributed by atoms with Gasteiger partial charge >= 0.3 is 0 Å². The molecule has 0 saturated heterocycles. The monoisotopic (exact) mass is 236 g/mol. The van der Waals surface area contributed by atoms with Gasteiger partial charge in [-0.2, -0.15) is 0 Å². The molecule has 0 amide bonds. The molecule has 4 N–H and O–H groups in total. The molecular weight excluding hydrogens is 222 g/mol. The number of hydrogen-bond donors (Lipinski definition) is 2. The van der Waals surface area contributed by atoms with E-state index in [1.807, 2.05) is 0 Å². The Labute approximate surface area is 94.1 Å². The molecule has 1 aromatic carbocycles. The van der Waals surface area contributed by atoms with E-state index in [-0.39, 0.29) is 18.4 Å². The number of rotatable bonds is 4. The Morgan fingerprint density at radius 3 is 2.13 bits per heavy atom. The maximum atomic E-state index is 12.8. The van der Waals surface area contributed by atoms with Crippen LogP contribution < -0.4 is 11.5 Å². The zero-order valence-electron chi connectivity index (χ0n) is 8.25. The fraction of sp³-hybridized carbons (Fsp3) is 0.400. The summed E-state index contributed by atoms with van der Waals surface area (Å²) in [6, 6.07) is 3.00. The Bertz CT molecular complexity index is 287. The molecule has 0 aliphatic carbocycles. The molecule has 0 fully saturated rings. The molecule has 1 aromatic rings. The summed E-state index contributed by atoms with van der Waals surface area (Å²) >= 11 is 0. The van der Waals surface area contributed by atoms with Gasteiger partial charge in [0.1, 0.15) is 11.6 Å². The van der Waals surface area contributed by atoms with Gasteiger partial charge in [0.05, 0.1) is 0 Å². The first-order valence-electron chi connectivity index (χ1n) is 4.55. The van der Waals surface area contributed by atoms with Crippen LogP contribution in [0, 0.1) is 11.6 Å². The van der Waals surface area contributed by atoms with Gasteiger partial charge in [0.2, 0.25) is 0 Å². The molecule has 0 saturated carbocycles. The molecule has 0 unspecified atom stereocenters. The van der Waals surface area contributed by atoms with E-state index in [0.717, 1.165) is 12.5 Å². The molecule has 86 valence electrons. The smallest absolute Gasteiger partial charge is 0.126 e. The molecule has 0 radical (unpaired) electrons. The molecule has 1 atom stereocenters. The Balaban J connectivity index is 0.00000196. The van der Waals surface area contributed by atoms with Gasteiger partial charge in [-0.05, 0) is 37.1 Å². The second-order valence-corrected chi connectivity index (χ2v) is 3.24. The minimum Gasteiger partial charge on any atom is -0.330 e. The van der Waals surface area contributed by atoms with Crippen LogP contribution in [-0.2, 0) is 0 Å². The van der Waals surface area contributed by atoms with Crippen LogP contribution >= 0.6 is 12.4 Å². The number of halogens is 3. The first kappa shape index (κ1) is 14.3. The van der Waals surface area contributed by atoms with E-state index in [1.54, 1.807) is 0 Å². The molecule has 0 spiro atoms. The van der Waals surface area contributed by atoms with Crippen LogP contribution in [0.2, 0.25) is 0 Å². The Morgan fingerprint density at radius 1 is 1.13 bits per heavy atom. The van der Waals surface area contributed by atoms with Crippen molar-refractivity contribution in [3.05, 3.63) is 35.4 Å². The second-order valence-electron chi connectivity index (χ2n) is 3.24. The molecule has 1 rings (SSSR count). The molecule has 0 heterocycles. The topological polar surface area (TPSA) is 52.0 Å². The van der Waals surface area contributed by atoms with Crippen LogP contribution in [0.3, 0.4) is 0 Å². The third-order valence-electron chi connectivity index (χ3n) is 2.03. The summed E-state index contributed by atoms with van der Waals surface area (Å²) in [5, 5.41) is 0. The van der Waals surface area contributed by atoms with E-state index in [4.69, 9.17) is 11.5 Å². The fourth-order valence-corrected chi connectivity index (χ4v) is 1.29. The van der Waals surface area contributed by atoms with Crippen molar-refractivity contribution in [1.29, 1.82) is 0 Å². The maximum Gasteiger partial charge on any atom is 0.126 e. The number of benzene rings is 1. The average Bonchev–Trinajstić information content (AvgIpc) is 2.12. The minimum absolute atomic E-state index is 0. The fourth-order valence-electron chi connectivity index (χ4n) is 1.29. The van der Waals surface area contributed by atoms with Crippen LogP contribution in [0.25, 0.3) is 0 Å². The summed E-state index contributed by atoms with van der Waals surface area (Å²) in [6.45, 7) is 0.533. The predicted octanol–water partition coefficient (Wildman–Crippen LogP) is 2.13. The first-order chi connectivity index (χ1) is 6.63. The molecule has 0 aromatic heterocycles. The van der Waals surface area contributed by atoms with E-state index in [0.29, 0.717) is 18.5 Å². The van der Waals surface area contributed by atoms with E-state index in [2.05, 4.69) is 0 Å². The summed E-state index contributed by atoms with van der Waals surface area (Å²) in [4.78, 5) is 0. The second kappa shape index (κ2) is 6.71. The lowest BCUT2D eigenvalue weighted by molar-refractivity contribution is 0.562. The predicted molar refractivity (Wildman–Crippen MR) is 58.8 cm³/mol. The third-order valence-corrected chi connectivity index (χ3v) is 2.03. The highest BCUT2D eigenvalue weighted by atomic mass is 35.5. The zero-order valence-corrected chi connectivity index (χ0v) is 9.07. The van der Waals surface area contributed by atoms with Crippen molar-refractivity contribution in [3.8, 4) is 0 Å². The molecule has 5 heteroatoms. The van der Waals surface area contributed by atoms with Gasteiger partial charge in [0.25, 0.3) is 0 Å². The Kier molecular flexibility index (Phi) is 6.40. The summed E-state index contributed by atoms with van der Waals surface area (Å²) < 4.78 is 25.6. The van der Waals surface area contributed by atoms with E-state index >= 15 is 0 Å². The van der Waals surface area contributed by atoms with Gasteiger partial charge in [0, 0.05) is 12.1 Å².